The lowest BCUT2D eigenvalue weighted by molar-refractivity contribution is -0.137. The predicted octanol–water partition coefficient (Wildman–Crippen LogP) is 4.80. The summed E-state index contributed by atoms with van der Waals surface area (Å²) in [6.45, 7) is 3.59. The molecule has 2 aromatic rings. The van der Waals surface area contributed by atoms with Crippen LogP contribution < -0.4 is 15.8 Å². The Bertz CT molecular complexity index is 754. The molecule has 0 aliphatic heterocycles. The molecule has 0 heterocycles. The van der Waals surface area contributed by atoms with Gasteiger partial charge >= 0.3 is 6.18 Å². The molecule has 148 valence electrons. The number of amides is 1. The van der Waals surface area contributed by atoms with Crippen LogP contribution in [0.3, 0.4) is 0 Å². The topological polar surface area (TPSA) is 64.3 Å². The Kier molecular flexibility index (Phi) is 8.12. The lowest BCUT2D eigenvalue weighted by Gasteiger charge is -2.21. The Labute approximate surface area is 162 Å². The van der Waals surface area contributed by atoms with Crippen molar-refractivity contribution in [3.8, 4) is 5.75 Å². The summed E-state index contributed by atoms with van der Waals surface area (Å²) in [5.74, 6) is -0.961. The van der Waals surface area contributed by atoms with Gasteiger partial charge in [0.15, 0.2) is 0 Å². The molecule has 2 aromatic carbocycles. The van der Waals surface area contributed by atoms with Crippen LogP contribution in [0.1, 0.15) is 31.0 Å². The quantitative estimate of drug-likeness (QED) is 0.729. The molecule has 2 rings (SSSR count). The molecule has 2 atom stereocenters. The largest absolute Gasteiger partial charge is 0.492 e. The third kappa shape index (κ3) is 5.87. The first-order chi connectivity index (χ1) is 12.2. The Morgan fingerprint density at radius 2 is 1.81 bits per heavy atom. The maximum Gasteiger partial charge on any atom is 0.416 e. The second-order valence-corrected chi connectivity index (χ2v) is 5.86. The van der Waals surface area contributed by atoms with Crippen LogP contribution in [0.4, 0.5) is 18.9 Å². The van der Waals surface area contributed by atoms with Crippen LogP contribution in [-0.2, 0) is 11.0 Å². The predicted molar refractivity (Wildman–Crippen MR) is 101 cm³/mol. The van der Waals surface area contributed by atoms with E-state index in [0.717, 1.165) is 17.7 Å². The van der Waals surface area contributed by atoms with E-state index in [1.165, 1.54) is 6.07 Å². The van der Waals surface area contributed by atoms with E-state index in [4.69, 9.17) is 10.5 Å². The summed E-state index contributed by atoms with van der Waals surface area (Å²) in [5, 5.41) is 2.51. The molecular weight excluding hydrogens is 381 g/mol. The van der Waals surface area contributed by atoms with Crippen LogP contribution in [0.5, 0.6) is 5.75 Å². The van der Waals surface area contributed by atoms with Crippen molar-refractivity contribution in [1.29, 1.82) is 0 Å². The average molecular weight is 403 g/mol. The highest BCUT2D eigenvalue weighted by Gasteiger charge is 2.32. The molecule has 27 heavy (non-hydrogen) atoms. The first-order valence-corrected chi connectivity index (χ1v) is 8.19. The normalized spacial score (nSPS) is 13.3. The number of alkyl halides is 3. The van der Waals surface area contributed by atoms with Gasteiger partial charge in [0.2, 0.25) is 5.91 Å². The second-order valence-electron chi connectivity index (χ2n) is 5.86. The maximum absolute atomic E-state index is 13.0. The number of hydrogen-bond donors (Lipinski definition) is 2. The third-order valence-electron chi connectivity index (χ3n) is 4.00. The van der Waals surface area contributed by atoms with Crippen molar-refractivity contribution in [3.05, 3.63) is 59.7 Å². The van der Waals surface area contributed by atoms with E-state index < -0.39 is 29.6 Å². The molecule has 0 saturated carbocycles. The SMILES string of the molecule is CCOc1ccc(C(F)(F)F)cc1NC(=O)C(C)C(N)c1ccccc1.Cl. The summed E-state index contributed by atoms with van der Waals surface area (Å²) in [6.07, 6.45) is -4.52. The fourth-order valence-corrected chi connectivity index (χ4v) is 2.46. The van der Waals surface area contributed by atoms with Gasteiger partial charge in [0.25, 0.3) is 0 Å². The van der Waals surface area contributed by atoms with Crippen molar-refractivity contribution >= 4 is 24.0 Å². The van der Waals surface area contributed by atoms with Crippen LogP contribution >= 0.6 is 12.4 Å². The van der Waals surface area contributed by atoms with Gasteiger partial charge in [0.1, 0.15) is 5.75 Å². The zero-order valence-electron chi connectivity index (χ0n) is 14.9. The van der Waals surface area contributed by atoms with Crippen molar-refractivity contribution in [2.75, 3.05) is 11.9 Å². The zero-order valence-corrected chi connectivity index (χ0v) is 15.7. The fraction of sp³-hybridized carbons (Fsp3) is 0.316. The van der Waals surface area contributed by atoms with Crippen LogP contribution in [0.2, 0.25) is 0 Å². The highest BCUT2D eigenvalue weighted by Crippen LogP contribution is 2.35. The standard InChI is InChI=1S/C19H21F3N2O2.ClH/c1-3-26-16-10-9-14(19(20,21)22)11-15(16)24-18(25)12(2)17(23)13-7-5-4-6-8-13;/h4-12,17H,3,23H2,1-2H3,(H,24,25);1H. The number of anilines is 1. The Balaban J connectivity index is 0.00000364. The fourth-order valence-electron chi connectivity index (χ4n) is 2.46. The van der Waals surface area contributed by atoms with Crippen LogP contribution in [0.25, 0.3) is 0 Å². The van der Waals surface area contributed by atoms with Crippen LogP contribution in [0.15, 0.2) is 48.5 Å². The summed E-state index contributed by atoms with van der Waals surface area (Å²) in [7, 11) is 0. The number of benzene rings is 2. The molecule has 0 saturated heterocycles. The second kappa shape index (κ2) is 9.62. The molecule has 0 spiro atoms. The maximum atomic E-state index is 13.0. The minimum absolute atomic E-state index is 0. The van der Waals surface area contributed by atoms with E-state index in [-0.39, 0.29) is 30.5 Å². The van der Waals surface area contributed by atoms with Gasteiger partial charge < -0.3 is 15.8 Å². The molecule has 0 radical (unpaired) electrons. The van der Waals surface area contributed by atoms with Crippen molar-refractivity contribution in [1.82, 2.24) is 0 Å². The van der Waals surface area contributed by atoms with E-state index in [9.17, 15) is 18.0 Å². The summed E-state index contributed by atoms with van der Waals surface area (Å²) in [4.78, 5) is 12.5. The smallest absolute Gasteiger partial charge is 0.416 e. The van der Waals surface area contributed by atoms with Crippen molar-refractivity contribution in [2.24, 2.45) is 11.7 Å². The van der Waals surface area contributed by atoms with Crippen molar-refractivity contribution in [3.63, 3.8) is 0 Å². The minimum atomic E-state index is -4.52. The van der Waals surface area contributed by atoms with Gasteiger partial charge in [-0.25, -0.2) is 0 Å². The van der Waals surface area contributed by atoms with Crippen molar-refractivity contribution < 1.29 is 22.7 Å². The number of nitrogens with two attached hydrogens (primary N) is 1. The highest BCUT2D eigenvalue weighted by molar-refractivity contribution is 5.94. The summed E-state index contributed by atoms with van der Waals surface area (Å²) in [6, 6.07) is 11.4. The van der Waals surface area contributed by atoms with Gasteiger partial charge in [-0.3, -0.25) is 4.79 Å². The molecule has 8 heteroatoms. The third-order valence-corrected chi connectivity index (χ3v) is 4.00. The molecule has 1 amide bonds. The Morgan fingerprint density at radius 1 is 1.19 bits per heavy atom. The first-order valence-electron chi connectivity index (χ1n) is 8.19. The average Bonchev–Trinajstić information content (AvgIpc) is 2.61. The molecule has 0 aliphatic carbocycles. The van der Waals surface area contributed by atoms with E-state index in [0.29, 0.717) is 0 Å². The molecule has 0 aliphatic rings. The van der Waals surface area contributed by atoms with Gasteiger partial charge in [-0.1, -0.05) is 37.3 Å². The number of halogens is 4. The number of hydrogen-bond acceptors (Lipinski definition) is 3. The molecule has 0 aromatic heterocycles. The van der Waals surface area contributed by atoms with Crippen LogP contribution in [0, 0.1) is 5.92 Å². The molecular formula is C19H22ClF3N2O2. The Hall–Kier alpha value is -2.25. The summed E-state index contributed by atoms with van der Waals surface area (Å²) in [5.41, 5.74) is 5.99. The molecule has 0 fully saturated rings. The van der Waals surface area contributed by atoms with Gasteiger partial charge in [0, 0.05) is 6.04 Å². The van der Waals surface area contributed by atoms with Gasteiger partial charge in [0.05, 0.1) is 23.8 Å². The van der Waals surface area contributed by atoms with Gasteiger partial charge in [-0.2, -0.15) is 13.2 Å². The summed E-state index contributed by atoms with van der Waals surface area (Å²) < 4.78 is 44.2. The van der Waals surface area contributed by atoms with E-state index in [1.807, 2.05) is 6.07 Å². The lowest BCUT2D eigenvalue weighted by atomic mass is 9.94. The molecule has 2 unspecified atom stereocenters. The van der Waals surface area contributed by atoms with E-state index >= 15 is 0 Å². The number of carbonyl (C=O) groups excluding carboxylic acids is 1. The van der Waals surface area contributed by atoms with Crippen LogP contribution in [-0.4, -0.2) is 12.5 Å². The number of nitrogens with one attached hydrogen (secondary N) is 1. The van der Waals surface area contributed by atoms with Gasteiger partial charge in [-0.05, 0) is 30.7 Å². The highest BCUT2D eigenvalue weighted by atomic mass is 35.5. The molecule has 0 bridgehead atoms. The summed E-state index contributed by atoms with van der Waals surface area (Å²) >= 11 is 0. The number of carbonyl (C=O) groups is 1. The molecule has 4 nitrogen and oxygen atoms in total. The monoisotopic (exact) mass is 402 g/mol. The Morgan fingerprint density at radius 3 is 2.37 bits per heavy atom. The van der Waals surface area contributed by atoms with E-state index in [1.54, 1.807) is 38.1 Å². The van der Waals surface area contributed by atoms with E-state index in [2.05, 4.69) is 5.32 Å². The van der Waals surface area contributed by atoms with Crippen molar-refractivity contribution in [2.45, 2.75) is 26.1 Å². The minimum Gasteiger partial charge on any atom is -0.492 e. The molecule has 3 N–H and O–H groups in total. The number of ether oxygens (including phenoxy) is 1. The number of rotatable bonds is 6. The first kappa shape index (κ1) is 22.8. The van der Waals surface area contributed by atoms with Gasteiger partial charge in [-0.15, -0.1) is 12.4 Å². The zero-order chi connectivity index (χ0) is 19.3. The lowest BCUT2D eigenvalue weighted by Crippen LogP contribution is -2.30.